The average molecular weight is 457 g/mol. The van der Waals surface area contributed by atoms with Gasteiger partial charge in [-0.25, -0.2) is 0 Å². The van der Waals surface area contributed by atoms with E-state index >= 15 is 0 Å². The number of hydrogen-bond acceptors (Lipinski definition) is 4. The highest BCUT2D eigenvalue weighted by molar-refractivity contribution is 5.91. The molecule has 0 heterocycles. The van der Waals surface area contributed by atoms with Crippen LogP contribution in [-0.2, 0) is 25.7 Å². The molecule has 0 bridgehead atoms. The Bertz CT molecular complexity index is 822. The predicted octanol–water partition coefficient (Wildman–Crippen LogP) is 4.40. The monoisotopic (exact) mass is 456 g/mol. The summed E-state index contributed by atoms with van der Waals surface area (Å²) in [5.41, 5.74) is 1.24. The molecule has 182 valence electrons. The molecule has 0 radical (unpaired) electrons. The summed E-state index contributed by atoms with van der Waals surface area (Å²) < 4.78 is 5.73. The number of rotatable bonds is 10. The van der Waals surface area contributed by atoms with Crippen LogP contribution in [0.2, 0.25) is 0 Å². The van der Waals surface area contributed by atoms with Gasteiger partial charge in [0.15, 0.2) is 0 Å². The van der Waals surface area contributed by atoms with E-state index in [1.807, 2.05) is 58.0 Å². The highest BCUT2D eigenvalue weighted by Gasteiger charge is 2.43. The van der Waals surface area contributed by atoms with E-state index in [1.165, 1.54) is 0 Å². The lowest BCUT2D eigenvalue weighted by atomic mass is 9.76. The molecular weight excluding hydrogens is 416 g/mol. The third-order valence-electron chi connectivity index (χ3n) is 6.40. The van der Waals surface area contributed by atoms with E-state index in [-0.39, 0.29) is 30.3 Å². The first-order valence-electron chi connectivity index (χ1n) is 11.9. The lowest BCUT2D eigenvalue weighted by Gasteiger charge is -2.34. The van der Waals surface area contributed by atoms with Gasteiger partial charge in [-0.1, -0.05) is 69.5 Å². The Morgan fingerprint density at radius 2 is 1.70 bits per heavy atom. The van der Waals surface area contributed by atoms with Crippen molar-refractivity contribution in [3.8, 4) is 0 Å². The number of carbonyl (C=O) groups is 3. The first-order valence-corrected chi connectivity index (χ1v) is 11.9. The maximum absolute atomic E-state index is 13.6. The second-order valence-corrected chi connectivity index (χ2v) is 10.4. The number of amides is 2. The number of likely N-dealkylation sites (N-methyl/N-ethyl adjacent to an activating group) is 1. The quantitative estimate of drug-likeness (QED) is 0.404. The molecule has 6 nitrogen and oxygen atoms in total. The van der Waals surface area contributed by atoms with E-state index in [2.05, 4.69) is 17.2 Å². The molecule has 0 aliphatic heterocycles. The Morgan fingerprint density at radius 1 is 1.09 bits per heavy atom. The molecule has 1 aliphatic carbocycles. The average Bonchev–Trinajstić information content (AvgIpc) is 3.29. The van der Waals surface area contributed by atoms with Crippen LogP contribution in [0.4, 0.5) is 0 Å². The topological polar surface area (TPSA) is 84.5 Å². The molecule has 2 amide bonds. The molecule has 0 spiro atoms. The van der Waals surface area contributed by atoms with Crippen molar-refractivity contribution in [2.75, 3.05) is 7.05 Å². The molecule has 1 saturated carbocycles. The molecule has 1 aliphatic rings. The Labute approximate surface area is 198 Å². The number of carbonyl (C=O) groups excluding carboxylic acids is 3. The van der Waals surface area contributed by atoms with Crippen LogP contribution in [0.15, 0.2) is 42.5 Å². The minimum Gasteiger partial charge on any atom is -0.461 e. The third kappa shape index (κ3) is 7.72. The van der Waals surface area contributed by atoms with Crippen LogP contribution in [0.5, 0.6) is 0 Å². The number of ether oxygens (including phenoxy) is 1. The van der Waals surface area contributed by atoms with Gasteiger partial charge in [-0.15, -0.1) is 6.58 Å². The van der Waals surface area contributed by atoms with Gasteiger partial charge in [-0.2, -0.15) is 0 Å². The summed E-state index contributed by atoms with van der Waals surface area (Å²) >= 11 is 0. The second kappa shape index (κ2) is 12.0. The van der Waals surface area contributed by atoms with Crippen LogP contribution >= 0.6 is 0 Å². The molecule has 1 unspecified atom stereocenters. The zero-order valence-electron chi connectivity index (χ0n) is 20.8. The first-order chi connectivity index (χ1) is 15.5. The highest BCUT2D eigenvalue weighted by atomic mass is 16.5. The number of esters is 1. The fourth-order valence-electron chi connectivity index (χ4n) is 4.65. The minimum atomic E-state index is -0.716. The zero-order chi connectivity index (χ0) is 24.6. The van der Waals surface area contributed by atoms with Gasteiger partial charge in [0.25, 0.3) is 0 Å². The molecule has 1 aromatic carbocycles. The van der Waals surface area contributed by atoms with Gasteiger partial charge in [-0.3, -0.25) is 14.4 Å². The smallest absolute Gasteiger partial charge is 0.310 e. The molecule has 1 fully saturated rings. The van der Waals surface area contributed by atoms with Crippen molar-refractivity contribution in [2.45, 2.75) is 72.4 Å². The summed E-state index contributed by atoms with van der Waals surface area (Å²) in [6, 6.07) is 8.83. The van der Waals surface area contributed by atoms with Crippen LogP contribution in [0.25, 0.3) is 0 Å². The molecule has 33 heavy (non-hydrogen) atoms. The van der Waals surface area contributed by atoms with Crippen molar-refractivity contribution in [3.05, 3.63) is 48.0 Å². The number of allylic oxidation sites excluding steroid dienone is 1. The Kier molecular flexibility index (Phi) is 9.69. The second-order valence-electron chi connectivity index (χ2n) is 10.4. The standard InChI is InChI=1S/C27H40N2O4/c1-18(2)16-21(24(30)29-23(25(31)28-6)27(3,4)5)22(20-14-10-11-15-20)26(32)33-17-19-12-8-7-9-13-19/h7-9,12-13,20-23H,1,10-11,14-17H2,2-6H3,(H,28,31)(H,29,30)/t21-,22+,23?/m1/s1. The van der Waals surface area contributed by atoms with Gasteiger partial charge >= 0.3 is 5.97 Å². The Balaban J connectivity index is 2.30. The highest BCUT2D eigenvalue weighted by Crippen LogP contribution is 2.39. The van der Waals surface area contributed by atoms with Gasteiger partial charge in [0.2, 0.25) is 11.8 Å². The van der Waals surface area contributed by atoms with E-state index < -0.39 is 23.3 Å². The summed E-state index contributed by atoms with van der Waals surface area (Å²) in [6.07, 6.45) is 4.24. The zero-order valence-corrected chi connectivity index (χ0v) is 20.8. The largest absolute Gasteiger partial charge is 0.461 e. The van der Waals surface area contributed by atoms with E-state index in [4.69, 9.17) is 4.74 Å². The Hall–Kier alpha value is -2.63. The summed E-state index contributed by atoms with van der Waals surface area (Å²) in [6.45, 7) is 11.8. The van der Waals surface area contributed by atoms with Crippen molar-refractivity contribution in [1.29, 1.82) is 0 Å². The number of nitrogens with one attached hydrogen (secondary N) is 2. The summed E-state index contributed by atoms with van der Waals surface area (Å²) in [5.74, 6) is -2.03. The van der Waals surface area contributed by atoms with E-state index in [9.17, 15) is 14.4 Å². The maximum atomic E-state index is 13.6. The molecular formula is C27H40N2O4. The number of hydrogen-bond donors (Lipinski definition) is 2. The van der Waals surface area contributed by atoms with Gasteiger partial charge < -0.3 is 15.4 Å². The predicted molar refractivity (Wildman–Crippen MR) is 130 cm³/mol. The summed E-state index contributed by atoms with van der Waals surface area (Å²) in [5, 5.41) is 5.59. The van der Waals surface area contributed by atoms with E-state index in [0.29, 0.717) is 6.42 Å². The van der Waals surface area contributed by atoms with Crippen LogP contribution in [0, 0.1) is 23.2 Å². The van der Waals surface area contributed by atoms with Crippen LogP contribution in [-0.4, -0.2) is 30.9 Å². The molecule has 1 aromatic rings. The SMILES string of the molecule is C=C(C)C[C@@H](C(=O)NC(C(=O)NC)C(C)(C)C)[C@@H](C(=O)OCc1ccccc1)C1CCCC1. The number of benzene rings is 1. The summed E-state index contributed by atoms with van der Waals surface area (Å²) in [4.78, 5) is 39.5. The van der Waals surface area contributed by atoms with Crippen LogP contribution in [0.1, 0.15) is 65.4 Å². The van der Waals surface area contributed by atoms with Crippen molar-refractivity contribution < 1.29 is 19.1 Å². The fraction of sp³-hybridized carbons (Fsp3) is 0.593. The fourth-order valence-corrected chi connectivity index (χ4v) is 4.65. The van der Waals surface area contributed by atoms with Gasteiger partial charge in [-0.05, 0) is 43.1 Å². The van der Waals surface area contributed by atoms with Crippen molar-refractivity contribution in [2.24, 2.45) is 23.2 Å². The van der Waals surface area contributed by atoms with Gasteiger partial charge in [0, 0.05) is 7.05 Å². The third-order valence-corrected chi connectivity index (χ3v) is 6.40. The van der Waals surface area contributed by atoms with Crippen LogP contribution < -0.4 is 10.6 Å². The molecule has 0 aromatic heterocycles. The molecule has 2 rings (SSSR count). The normalized spacial score (nSPS) is 17.0. The lowest BCUT2D eigenvalue weighted by Crippen LogP contribution is -2.55. The van der Waals surface area contributed by atoms with Crippen molar-refractivity contribution in [3.63, 3.8) is 0 Å². The molecule has 2 N–H and O–H groups in total. The summed E-state index contributed by atoms with van der Waals surface area (Å²) in [7, 11) is 1.56. The molecule has 6 heteroatoms. The van der Waals surface area contributed by atoms with Crippen molar-refractivity contribution >= 4 is 17.8 Å². The van der Waals surface area contributed by atoms with E-state index in [0.717, 1.165) is 36.8 Å². The van der Waals surface area contributed by atoms with Crippen LogP contribution in [0.3, 0.4) is 0 Å². The lowest BCUT2D eigenvalue weighted by molar-refractivity contribution is -0.157. The minimum absolute atomic E-state index is 0.0801. The maximum Gasteiger partial charge on any atom is 0.310 e. The molecule has 0 saturated heterocycles. The Morgan fingerprint density at radius 3 is 2.21 bits per heavy atom. The first kappa shape index (κ1) is 26.6. The van der Waals surface area contributed by atoms with Gasteiger partial charge in [0.1, 0.15) is 12.6 Å². The molecule has 3 atom stereocenters. The van der Waals surface area contributed by atoms with Crippen molar-refractivity contribution in [1.82, 2.24) is 10.6 Å². The van der Waals surface area contributed by atoms with Gasteiger partial charge in [0.05, 0.1) is 11.8 Å². The van der Waals surface area contributed by atoms with E-state index in [1.54, 1.807) is 7.05 Å².